The first kappa shape index (κ1) is 17.0. The molecule has 0 aliphatic carbocycles. The molecule has 3 rings (SSSR count). The number of hydrogen-bond acceptors (Lipinski definition) is 5. The smallest absolute Gasteiger partial charge is 0.0529 e. The van der Waals surface area contributed by atoms with Crippen molar-refractivity contribution < 1.29 is 0 Å². The number of rotatable bonds is 6. The molecule has 0 spiro atoms. The SMILES string of the molecule is C=C1c2ccc(N(N)CCN(CC)CC)cc2Sc2ccncc21. The lowest BCUT2D eigenvalue weighted by Crippen LogP contribution is -2.39. The Morgan fingerprint density at radius 1 is 1.08 bits per heavy atom. The molecule has 1 aliphatic heterocycles. The zero-order valence-corrected chi connectivity index (χ0v) is 15.1. The van der Waals surface area contributed by atoms with Gasteiger partial charge in [0.25, 0.3) is 0 Å². The second-order valence-electron chi connectivity index (χ2n) is 5.85. The van der Waals surface area contributed by atoms with Crippen molar-refractivity contribution in [3.63, 3.8) is 0 Å². The number of hydrogen-bond donors (Lipinski definition) is 1. The van der Waals surface area contributed by atoms with E-state index in [4.69, 9.17) is 5.84 Å². The highest BCUT2D eigenvalue weighted by atomic mass is 32.2. The van der Waals surface area contributed by atoms with Crippen molar-refractivity contribution in [2.75, 3.05) is 31.2 Å². The maximum absolute atomic E-state index is 6.28. The van der Waals surface area contributed by atoms with Crippen LogP contribution in [0.3, 0.4) is 0 Å². The molecule has 0 amide bonds. The van der Waals surface area contributed by atoms with Crippen LogP contribution in [0.25, 0.3) is 5.57 Å². The highest BCUT2D eigenvalue weighted by Crippen LogP contribution is 2.45. The minimum Gasteiger partial charge on any atom is -0.310 e. The maximum Gasteiger partial charge on any atom is 0.0529 e. The maximum atomic E-state index is 6.28. The molecule has 2 aromatic rings. The topological polar surface area (TPSA) is 45.4 Å². The van der Waals surface area contributed by atoms with E-state index in [1.54, 1.807) is 11.8 Å². The number of aromatic nitrogens is 1. The van der Waals surface area contributed by atoms with Crippen molar-refractivity contribution in [3.8, 4) is 0 Å². The minimum absolute atomic E-state index is 0.812. The normalized spacial score (nSPS) is 12.9. The number of nitrogens with two attached hydrogens (primary N) is 1. The monoisotopic (exact) mass is 340 g/mol. The van der Waals surface area contributed by atoms with E-state index in [9.17, 15) is 0 Å². The largest absolute Gasteiger partial charge is 0.310 e. The molecule has 0 atom stereocenters. The van der Waals surface area contributed by atoms with E-state index < -0.39 is 0 Å². The number of anilines is 1. The lowest BCUT2D eigenvalue weighted by molar-refractivity contribution is 0.309. The number of hydrazine groups is 1. The molecule has 0 unspecified atom stereocenters. The number of fused-ring (bicyclic) bond motifs is 2. The Morgan fingerprint density at radius 2 is 1.88 bits per heavy atom. The van der Waals surface area contributed by atoms with Crippen LogP contribution in [0.2, 0.25) is 0 Å². The standard InChI is InChI=1S/C19H24N4S/c1-4-22(5-2)10-11-23(20)15-6-7-16-14(3)17-13-21-9-8-18(17)24-19(16)12-15/h6-9,12-13H,3-5,10-11,20H2,1-2H3. The summed E-state index contributed by atoms with van der Waals surface area (Å²) in [6.07, 6.45) is 3.72. The second-order valence-corrected chi connectivity index (χ2v) is 6.94. The first-order valence-corrected chi connectivity index (χ1v) is 9.15. The summed E-state index contributed by atoms with van der Waals surface area (Å²) in [4.78, 5) is 8.99. The van der Waals surface area contributed by atoms with E-state index in [2.05, 4.69) is 48.5 Å². The molecule has 5 heteroatoms. The van der Waals surface area contributed by atoms with Crippen LogP contribution >= 0.6 is 11.8 Å². The summed E-state index contributed by atoms with van der Waals surface area (Å²) in [5.74, 6) is 6.28. The van der Waals surface area contributed by atoms with E-state index in [1.807, 2.05) is 23.5 Å². The molecule has 1 aromatic carbocycles. The molecule has 1 aromatic heterocycles. The summed E-state index contributed by atoms with van der Waals surface area (Å²) in [7, 11) is 0. The number of benzene rings is 1. The van der Waals surface area contributed by atoms with Crippen molar-refractivity contribution >= 4 is 23.0 Å². The summed E-state index contributed by atoms with van der Waals surface area (Å²) in [5, 5.41) is 1.84. The predicted octanol–water partition coefficient (Wildman–Crippen LogP) is 3.63. The van der Waals surface area contributed by atoms with Crippen LogP contribution in [0, 0.1) is 0 Å². The van der Waals surface area contributed by atoms with Crippen molar-refractivity contribution in [1.82, 2.24) is 9.88 Å². The second kappa shape index (κ2) is 7.38. The third-order valence-corrected chi connectivity index (χ3v) is 5.63. The fourth-order valence-electron chi connectivity index (χ4n) is 2.90. The highest BCUT2D eigenvalue weighted by molar-refractivity contribution is 7.99. The van der Waals surface area contributed by atoms with Crippen LogP contribution in [0.15, 0.2) is 53.0 Å². The fraction of sp³-hybridized carbons (Fsp3) is 0.316. The molecule has 2 N–H and O–H groups in total. The van der Waals surface area contributed by atoms with E-state index >= 15 is 0 Å². The fourth-order valence-corrected chi connectivity index (χ4v) is 4.03. The van der Waals surface area contributed by atoms with Gasteiger partial charge in [-0.05, 0) is 42.4 Å². The van der Waals surface area contributed by atoms with Gasteiger partial charge in [-0.3, -0.25) is 4.98 Å². The molecule has 1 aliphatic rings. The first-order chi connectivity index (χ1) is 11.6. The van der Waals surface area contributed by atoms with Crippen LogP contribution in [-0.2, 0) is 0 Å². The summed E-state index contributed by atoms with van der Waals surface area (Å²) < 4.78 is 0. The molecular weight excluding hydrogens is 316 g/mol. The van der Waals surface area contributed by atoms with E-state index in [0.717, 1.165) is 43.0 Å². The van der Waals surface area contributed by atoms with Gasteiger partial charge in [0.2, 0.25) is 0 Å². The van der Waals surface area contributed by atoms with Crippen LogP contribution < -0.4 is 10.9 Å². The molecule has 126 valence electrons. The van der Waals surface area contributed by atoms with E-state index in [0.29, 0.717) is 0 Å². The molecule has 2 heterocycles. The quantitative estimate of drug-likeness (QED) is 0.548. The van der Waals surface area contributed by atoms with Crippen LogP contribution in [0.4, 0.5) is 5.69 Å². The van der Waals surface area contributed by atoms with Crippen molar-refractivity contribution in [2.24, 2.45) is 5.84 Å². The van der Waals surface area contributed by atoms with Crippen LogP contribution in [-0.4, -0.2) is 36.1 Å². The summed E-state index contributed by atoms with van der Waals surface area (Å²) in [5.41, 5.74) is 4.36. The number of nitrogens with zero attached hydrogens (tertiary/aromatic N) is 3. The van der Waals surface area contributed by atoms with Crippen LogP contribution in [0.1, 0.15) is 25.0 Å². The lowest BCUT2D eigenvalue weighted by Gasteiger charge is -2.26. The first-order valence-electron chi connectivity index (χ1n) is 8.34. The van der Waals surface area contributed by atoms with Gasteiger partial charge in [0.05, 0.1) is 5.69 Å². The van der Waals surface area contributed by atoms with Crippen molar-refractivity contribution in [2.45, 2.75) is 23.6 Å². The zero-order valence-electron chi connectivity index (χ0n) is 14.3. The Hall–Kier alpha value is -1.82. The van der Waals surface area contributed by atoms with Gasteiger partial charge in [0.1, 0.15) is 0 Å². The van der Waals surface area contributed by atoms with Crippen molar-refractivity contribution in [3.05, 3.63) is 54.4 Å². The minimum atomic E-state index is 0.812. The third kappa shape index (κ3) is 3.34. The molecule has 0 radical (unpaired) electrons. The number of pyridine rings is 1. The Bertz CT molecular complexity index is 740. The zero-order chi connectivity index (χ0) is 17.1. The Kier molecular flexibility index (Phi) is 5.23. The highest BCUT2D eigenvalue weighted by Gasteiger charge is 2.20. The molecule has 0 saturated carbocycles. The Morgan fingerprint density at radius 3 is 2.62 bits per heavy atom. The van der Waals surface area contributed by atoms with Gasteiger partial charge in [-0.25, -0.2) is 5.84 Å². The summed E-state index contributed by atoms with van der Waals surface area (Å²) >= 11 is 1.76. The Labute approximate surface area is 148 Å². The molecule has 0 saturated heterocycles. The summed E-state index contributed by atoms with van der Waals surface area (Å²) in [6.45, 7) is 12.5. The average molecular weight is 340 g/mol. The molecule has 24 heavy (non-hydrogen) atoms. The molecule has 4 nitrogen and oxygen atoms in total. The molecule has 0 fully saturated rings. The molecule has 0 bridgehead atoms. The van der Waals surface area contributed by atoms with Gasteiger partial charge < -0.3 is 9.91 Å². The van der Waals surface area contributed by atoms with Gasteiger partial charge in [-0.15, -0.1) is 0 Å². The number of likely N-dealkylation sites (N-methyl/N-ethyl adjacent to an activating group) is 1. The van der Waals surface area contributed by atoms with E-state index in [1.165, 1.54) is 15.4 Å². The van der Waals surface area contributed by atoms with Crippen molar-refractivity contribution in [1.29, 1.82) is 0 Å². The predicted molar refractivity (Wildman–Crippen MR) is 102 cm³/mol. The lowest BCUT2D eigenvalue weighted by atomic mass is 10.00. The van der Waals surface area contributed by atoms with Crippen LogP contribution in [0.5, 0.6) is 0 Å². The van der Waals surface area contributed by atoms with Gasteiger partial charge in [0.15, 0.2) is 0 Å². The summed E-state index contributed by atoms with van der Waals surface area (Å²) in [6, 6.07) is 8.40. The van der Waals surface area contributed by atoms with Gasteiger partial charge in [0, 0.05) is 40.8 Å². The van der Waals surface area contributed by atoms with Gasteiger partial charge >= 0.3 is 0 Å². The third-order valence-electron chi connectivity index (χ3n) is 4.50. The van der Waals surface area contributed by atoms with Gasteiger partial charge in [-0.1, -0.05) is 38.3 Å². The molecular formula is C19H24N4S. The van der Waals surface area contributed by atoms with E-state index in [-0.39, 0.29) is 0 Å². The van der Waals surface area contributed by atoms with Gasteiger partial charge in [-0.2, -0.15) is 0 Å². The average Bonchev–Trinajstić information content (AvgIpc) is 2.62. The Balaban J connectivity index is 1.79.